The summed E-state index contributed by atoms with van der Waals surface area (Å²) in [4.78, 5) is 8.84. The van der Waals surface area contributed by atoms with Gasteiger partial charge in [-0.15, -0.1) is 0 Å². The van der Waals surface area contributed by atoms with Crippen molar-refractivity contribution in [1.29, 1.82) is 0 Å². The lowest BCUT2D eigenvalue weighted by atomic mass is 9.95. The molecule has 1 aliphatic rings. The average molecular weight is 460 g/mol. The first-order valence-corrected chi connectivity index (χ1v) is 13.0. The van der Waals surface area contributed by atoms with E-state index in [4.69, 9.17) is 4.74 Å². The van der Waals surface area contributed by atoms with Gasteiger partial charge in [0.15, 0.2) is 0 Å². The molecule has 170 valence electrons. The summed E-state index contributed by atoms with van der Waals surface area (Å²) in [7, 11) is -2.30. The van der Waals surface area contributed by atoms with Gasteiger partial charge < -0.3 is 4.74 Å². The van der Waals surface area contributed by atoms with Crippen molar-refractivity contribution < 1.29 is 17.7 Å². The first-order valence-electron chi connectivity index (χ1n) is 10.7. The third-order valence-corrected chi connectivity index (χ3v) is 6.26. The molecule has 0 spiro atoms. The van der Waals surface area contributed by atoms with Crippen LogP contribution < -0.4 is 4.74 Å². The predicted molar refractivity (Wildman–Crippen MR) is 123 cm³/mol. The number of fused-ring (bicyclic) bond motifs is 1. The van der Waals surface area contributed by atoms with Crippen molar-refractivity contribution in [2.75, 3.05) is 12.5 Å². The summed E-state index contributed by atoms with van der Waals surface area (Å²) in [6.07, 6.45) is 6.27. The Hall–Kier alpha value is -2.61. The highest BCUT2D eigenvalue weighted by molar-refractivity contribution is 7.92. The van der Waals surface area contributed by atoms with Crippen LogP contribution in [0.25, 0.3) is 10.9 Å². The zero-order valence-electron chi connectivity index (χ0n) is 18.5. The highest BCUT2D eigenvalue weighted by Crippen LogP contribution is 2.32. The molecule has 2 atom stereocenters. The normalized spacial score (nSPS) is 19.2. The first-order chi connectivity index (χ1) is 15.2. The molecule has 5 nitrogen and oxygen atoms in total. The Kier molecular flexibility index (Phi) is 6.42. The largest absolute Gasteiger partial charge is 0.487 e. The van der Waals surface area contributed by atoms with Gasteiger partial charge in [0, 0.05) is 45.7 Å². The fraction of sp³-hybridized carbons (Fsp3) is 0.417. The lowest BCUT2D eigenvalue weighted by Gasteiger charge is -2.27. The van der Waals surface area contributed by atoms with Crippen LogP contribution in [0, 0.1) is 12.7 Å². The number of hydrogen-bond donors (Lipinski definition) is 0. The van der Waals surface area contributed by atoms with E-state index in [0.29, 0.717) is 36.2 Å². The van der Waals surface area contributed by atoms with E-state index in [-0.39, 0.29) is 0 Å². The van der Waals surface area contributed by atoms with Crippen LogP contribution in [0.3, 0.4) is 0 Å². The molecule has 0 aliphatic heterocycles. The van der Waals surface area contributed by atoms with Crippen LogP contribution >= 0.6 is 0 Å². The molecule has 4 rings (SSSR count). The topological polar surface area (TPSA) is 64.4 Å². The molecular formula is C24H27F2N3O2S. The highest BCUT2D eigenvalue weighted by atomic mass is 32.2. The molecule has 1 aromatic heterocycles. The average Bonchev–Trinajstić information content (AvgIpc) is 2.70. The standard InChI is InChI=1S/C24H27F2N3O2S/c1-15-10-18(29-32(2,3)30)13-21-24(15)20(27-14-28-21)11-16-8-9-17(25)12-23(16)31-22-7-5-4-6-19(22)26/h8-10,12-14,19,22H,4-7,11H2,1-3H3/t19-,22-/m1/s1. The second kappa shape index (κ2) is 9.10. The number of rotatable bonds is 5. The van der Waals surface area contributed by atoms with Crippen molar-refractivity contribution in [3.8, 4) is 5.75 Å². The third-order valence-electron chi connectivity index (χ3n) is 5.61. The molecule has 1 aliphatic carbocycles. The van der Waals surface area contributed by atoms with Gasteiger partial charge in [0.1, 0.15) is 30.2 Å². The molecule has 8 heteroatoms. The maximum Gasteiger partial charge on any atom is 0.137 e. The molecular weight excluding hydrogens is 432 g/mol. The first kappa shape index (κ1) is 22.6. The molecule has 2 aromatic carbocycles. The van der Waals surface area contributed by atoms with Gasteiger partial charge in [-0.05, 0) is 49.9 Å². The summed E-state index contributed by atoms with van der Waals surface area (Å²) in [5.74, 6) is -0.0695. The predicted octanol–water partition coefficient (Wildman–Crippen LogP) is 5.69. The van der Waals surface area contributed by atoms with Gasteiger partial charge >= 0.3 is 0 Å². The van der Waals surface area contributed by atoms with E-state index in [1.807, 2.05) is 13.0 Å². The molecule has 3 aromatic rings. The Labute approximate surface area is 187 Å². The van der Waals surface area contributed by atoms with Crippen LogP contribution in [0.1, 0.15) is 42.5 Å². The van der Waals surface area contributed by atoms with Gasteiger partial charge in [0.05, 0.1) is 16.9 Å². The smallest absolute Gasteiger partial charge is 0.137 e. The number of benzene rings is 2. The Morgan fingerprint density at radius 3 is 2.69 bits per heavy atom. The molecule has 0 bridgehead atoms. The lowest BCUT2D eigenvalue weighted by Crippen LogP contribution is -2.32. The van der Waals surface area contributed by atoms with E-state index >= 15 is 0 Å². The minimum atomic E-state index is -2.30. The van der Waals surface area contributed by atoms with Crippen molar-refractivity contribution in [1.82, 2.24) is 9.97 Å². The minimum absolute atomic E-state index is 0.354. The van der Waals surface area contributed by atoms with Crippen LogP contribution in [-0.4, -0.2) is 39.0 Å². The van der Waals surface area contributed by atoms with Crippen LogP contribution in [-0.2, 0) is 16.1 Å². The van der Waals surface area contributed by atoms with Crippen LogP contribution in [0.2, 0.25) is 0 Å². The van der Waals surface area contributed by atoms with Crippen molar-refractivity contribution in [3.05, 3.63) is 59.3 Å². The molecule has 0 N–H and O–H groups in total. The van der Waals surface area contributed by atoms with E-state index in [9.17, 15) is 13.0 Å². The van der Waals surface area contributed by atoms with E-state index in [2.05, 4.69) is 14.3 Å². The van der Waals surface area contributed by atoms with Crippen LogP contribution in [0.5, 0.6) is 5.75 Å². The number of nitrogens with zero attached hydrogens (tertiary/aromatic N) is 3. The van der Waals surface area contributed by atoms with E-state index in [0.717, 1.165) is 35.0 Å². The fourth-order valence-electron chi connectivity index (χ4n) is 4.21. The molecule has 0 amide bonds. The number of hydrogen-bond acceptors (Lipinski definition) is 5. The van der Waals surface area contributed by atoms with Gasteiger partial charge in [0.2, 0.25) is 0 Å². The zero-order chi connectivity index (χ0) is 22.9. The Morgan fingerprint density at radius 1 is 1.16 bits per heavy atom. The SMILES string of the molecule is Cc1cc(N=S(C)(C)=O)cc2ncnc(Cc3ccc(F)cc3O[C@@H]3CCCC[C@H]3F)c12. The number of aromatic nitrogens is 2. The van der Waals surface area contributed by atoms with Crippen molar-refractivity contribution in [3.63, 3.8) is 0 Å². The fourth-order valence-corrected chi connectivity index (χ4v) is 4.82. The highest BCUT2D eigenvalue weighted by Gasteiger charge is 2.27. The van der Waals surface area contributed by atoms with Crippen molar-refractivity contribution in [2.24, 2.45) is 4.36 Å². The number of ether oxygens (including phenoxy) is 1. The van der Waals surface area contributed by atoms with Gasteiger partial charge in [-0.25, -0.2) is 23.0 Å². The number of alkyl halides is 1. The Morgan fingerprint density at radius 2 is 1.94 bits per heavy atom. The van der Waals surface area contributed by atoms with E-state index in [1.54, 1.807) is 24.6 Å². The van der Waals surface area contributed by atoms with Crippen molar-refractivity contribution >= 4 is 26.3 Å². The van der Waals surface area contributed by atoms with Gasteiger partial charge in [0.25, 0.3) is 0 Å². The number of aryl methyl sites for hydroxylation is 1. The second-order valence-electron chi connectivity index (χ2n) is 8.64. The summed E-state index contributed by atoms with van der Waals surface area (Å²) >= 11 is 0. The molecule has 1 saturated carbocycles. The second-order valence-corrected chi connectivity index (χ2v) is 11.2. The van der Waals surface area contributed by atoms with Gasteiger partial charge in [-0.2, -0.15) is 4.36 Å². The third kappa shape index (κ3) is 5.23. The number of halogens is 2. The molecule has 0 saturated heterocycles. The molecule has 0 radical (unpaired) electrons. The molecule has 1 heterocycles. The summed E-state index contributed by atoms with van der Waals surface area (Å²) in [6.45, 7) is 1.93. The summed E-state index contributed by atoms with van der Waals surface area (Å²) in [6, 6.07) is 8.01. The van der Waals surface area contributed by atoms with Crippen LogP contribution in [0.4, 0.5) is 14.5 Å². The lowest BCUT2D eigenvalue weighted by molar-refractivity contribution is 0.0628. The minimum Gasteiger partial charge on any atom is -0.487 e. The quantitative estimate of drug-likeness (QED) is 0.492. The maximum atomic E-state index is 14.3. The van der Waals surface area contributed by atoms with Crippen LogP contribution in [0.15, 0.2) is 41.0 Å². The molecule has 1 fully saturated rings. The van der Waals surface area contributed by atoms with Gasteiger partial charge in [-0.3, -0.25) is 0 Å². The zero-order valence-corrected chi connectivity index (χ0v) is 19.3. The maximum absolute atomic E-state index is 14.3. The van der Waals surface area contributed by atoms with E-state index < -0.39 is 27.8 Å². The van der Waals surface area contributed by atoms with Gasteiger partial charge in [-0.1, -0.05) is 12.5 Å². The molecule has 32 heavy (non-hydrogen) atoms. The molecule has 0 unspecified atom stereocenters. The Balaban J connectivity index is 1.71. The van der Waals surface area contributed by atoms with Crippen molar-refractivity contribution in [2.45, 2.75) is 51.3 Å². The summed E-state index contributed by atoms with van der Waals surface area (Å²) in [5.41, 5.74) is 3.69. The summed E-state index contributed by atoms with van der Waals surface area (Å²) < 4.78 is 50.7. The van der Waals surface area contributed by atoms with E-state index in [1.165, 1.54) is 18.5 Å². The monoisotopic (exact) mass is 459 g/mol. The summed E-state index contributed by atoms with van der Waals surface area (Å²) in [5, 5.41) is 0.862. The Bertz CT molecular complexity index is 1260.